The lowest BCUT2D eigenvalue weighted by atomic mass is 9.53. The number of allylic oxidation sites excluding steroid dienone is 1. The summed E-state index contributed by atoms with van der Waals surface area (Å²) in [6.07, 6.45) is 7.55. The molecule has 0 amide bonds. The fourth-order valence-electron chi connectivity index (χ4n) is 6.96. The lowest BCUT2D eigenvalue weighted by molar-refractivity contribution is -0.138. The standard InChI is InChI=1S/C27H28O3/c28-22-7-5-19(6-8-22)25(26-20-10-15-9-16(12-20)13-21(26)11-15)18-3-1-17(2-4-18)23-14-24(23)27(29)30/h1-8,15-16,20-21,23-24,28H,9-14H2,(H,29,30). The number of hydrogen-bond acceptors (Lipinski definition) is 2. The number of carboxylic acid groups (broad SMARTS) is 1. The first-order valence-electron chi connectivity index (χ1n) is 11.4. The molecule has 5 saturated carbocycles. The highest BCUT2D eigenvalue weighted by Crippen LogP contribution is 2.58. The van der Waals surface area contributed by atoms with E-state index in [9.17, 15) is 15.0 Å². The number of rotatable bonds is 4. The maximum atomic E-state index is 11.3. The Kier molecular flexibility index (Phi) is 4.09. The molecule has 0 spiro atoms. The van der Waals surface area contributed by atoms with Gasteiger partial charge in [0, 0.05) is 0 Å². The highest BCUT2D eigenvalue weighted by molar-refractivity contribution is 5.83. The summed E-state index contributed by atoms with van der Waals surface area (Å²) in [4.78, 5) is 11.3. The summed E-state index contributed by atoms with van der Waals surface area (Å²) >= 11 is 0. The molecule has 5 fully saturated rings. The Morgan fingerprint density at radius 1 is 0.733 bits per heavy atom. The van der Waals surface area contributed by atoms with E-state index in [4.69, 9.17) is 0 Å². The first-order valence-corrected chi connectivity index (χ1v) is 11.4. The van der Waals surface area contributed by atoms with E-state index in [0.29, 0.717) is 17.6 Å². The van der Waals surface area contributed by atoms with Crippen molar-refractivity contribution >= 4 is 11.5 Å². The third kappa shape index (κ3) is 2.98. The molecule has 0 aliphatic heterocycles. The Bertz CT molecular complexity index is 985. The van der Waals surface area contributed by atoms with Crippen molar-refractivity contribution in [1.29, 1.82) is 0 Å². The van der Waals surface area contributed by atoms with Gasteiger partial charge in [0.25, 0.3) is 0 Å². The topological polar surface area (TPSA) is 57.5 Å². The third-order valence-electron chi connectivity index (χ3n) is 8.20. The van der Waals surface area contributed by atoms with Crippen molar-refractivity contribution in [2.75, 3.05) is 0 Å². The summed E-state index contributed by atoms with van der Waals surface area (Å²) in [6.45, 7) is 0. The minimum atomic E-state index is -0.676. The number of carboxylic acids is 1. The van der Waals surface area contributed by atoms with Crippen molar-refractivity contribution in [3.63, 3.8) is 0 Å². The minimum absolute atomic E-state index is 0.169. The van der Waals surface area contributed by atoms with E-state index in [1.165, 1.54) is 48.8 Å². The molecule has 3 nitrogen and oxygen atoms in total. The molecule has 5 aliphatic carbocycles. The Hall–Kier alpha value is -2.55. The van der Waals surface area contributed by atoms with Gasteiger partial charge in [-0.2, -0.15) is 0 Å². The van der Waals surface area contributed by atoms with Crippen LogP contribution in [0.5, 0.6) is 5.75 Å². The van der Waals surface area contributed by atoms with Crippen LogP contribution in [0.2, 0.25) is 0 Å². The smallest absolute Gasteiger partial charge is 0.307 e. The Labute approximate surface area is 177 Å². The minimum Gasteiger partial charge on any atom is -0.508 e. The van der Waals surface area contributed by atoms with Crippen LogP contribution < -0.4 is 0 Å². The van der Waals surface area contributed by atoms with E-state index in [2.05, 4.69) is 36.4 Å². The highest BCUT2D eigenvalue weighted by atomic mass is 16.4. The van der Waals surface area contributed by atoms with Gasteiger partial charge < -0.3 is 10.2 Å². The second-order valence-electron chi connectivity index (χ2n) is 10.1. The zero-order chi connectivity index (χ0) is 20.4. The Morgan fingerprint density at radius 2 is 1.27 bits per heavy atom. The van der Waals surface area contributed by atoms with Crippen LogP contribution in [0.1, 0.15) is 61.1 Å². The molecule has 30 heavy (non-hydrogen) atoms. The summed E-state index contributed by atoms with van der Waals surface area (Å²) in [5.74, 6) is 2.82. The van der Waals surface area contributed by atoms with Crippen molar-refractivity contribution < 1.29 is 15.0 Å². The van der Waals surface area contributed by atoms with Gasteiger partial charge in [0.2, 0.25) is 0 Å². The first kappa shape index (κ1) is 18.2. The zero-order valence-corrected chi connectivity index (χ0v) is 17.1. The lowest BCUT2D eigenvalue weighted by Crippen LogP contribution is -2.40. The summed E-state index contributed by atoms with van der Waals surface area (Å²) in [7, 11) is 0. The van der Waals surface area contributed by atoms with Crippen molar-refractivity contribution in [3.05, 3.63) is 70.8 Å². The summed E-state index contributed by atoms with van der Waals surface area (Å²) in [5, 5.41) is 19.1. The predicted octanol–water partition coefficient (Wildman–Crippen LogP) is 5.84. The molecule has 2 aromatic rings. The van der Waals surface area contributed by atoms with Gasteiger partial charge in [0.1, 0.15) is 5.75 Å². The highest BCUT2D eigenvalue weighted by Gasteiger charge is 2.46. The van der Waals surface area contributed by atoms with Gasteiger partial charge in [0.15, 0.2) is 0 Å². The quantitative estimate of drug-likeness (QED) is 0.678. The van der Waals surface area contributed by atoms with Crippen LogP contribution in [0, 0.1) is 29.6 Å². The molecule has 2 N–H and O–H groups in total. The first-order chi connectivity index (χ1) is 14.6. The molecule has 2 unspecified atom stereocenters. The van der Waals surface area contributed by atoms with Crippen LogP contribution in [-0.4, -0.2) is 16.2 Å². The number of phenolic OH excluding ortho intramolecular Hbond substituents is 1. The summed E-state index contributed by atoms with van der Waals surface area (Å²) in [5.41, 5.74) is 6.58. The van der Waals surface area contributed by atoms with Crippen LogP contribution in [0.25, 0.3) is 5.57 Å². The van der Waals surface area contributed by atoms with Gasteiger partial charge in [0.05, 0.1) is 5.92 Å². The van der Waals surface area contributed by atoms with E-state index >= 15 is 0 Å². The van der Waals surface area contributed by atoms with Crippen LogP contribution in [-0.2, 0) is 4.79 Å². The predicted molar refractivity (Wildman–Crippen MR) is 116 cm³/mol. The van der Waals surface area contributed by atoms with Crippen molar-refractivity contribution in [1.82, 2.24) is 0 Å². The number of hydrogen-bond donors (Lipinski definition) is 2. The molecular weight excluding hydrogens is 372 g/mol. The van der Waals surface area contributed by atoms with Crippen LogP contribution >= 0.6 is 0 Å². The monoisotopic (exact) mass is 400 g/mol. The molecule has 0 aromatic heterocycles. The maximum absolute atomic E-state index is 11.3. The van der Waals surface area contributed by atoms with Crippen molar-refractivity contribution in [3.8, 4) is 5.75 Å². The molecule has 2 aromatic carbocycles. The lowest BCUT2D eigenvalue weighted by Gasteiger charge is -2.52. The molecule has 2 atom stereocenters. The molecular formula is C27H28O3. The normalized spacial score (nSPS) is 33.5. The van der Waals surface area contributed by atoms with Crippen LogP contribution in [0.15, 0.2) is 54.1 Å². The molecule has 0 saturated heterocycles. The number of aromatic hydroxyl groups is 1. The van der Waals surface area contributed by atoms with Gasteiger partial charge >= 0.3 is 5.97 Å². The second kappa shape index (κ2) is 6.73. The fraction of sp³-hybridized carbons (Fsp3) is 0.444. The Morgan fingerprint density at radius 3 is 1.77 bits per heavy atom. The maximum Gasteiger partial charge on any atom is 0.307 e. The zero-order valence-electron chi connectivity index (χ0n) is 17.1. The van der Waals surface area contributed by atoms with Gasteiger partial charge in [-0.25, -0.2) is 0 Å². The van der Waals surface area contributed by atoms with Gasteiger partial charge in [-0.15, -0.1) is 0 Å². The molecule has 4 bridgehead atoms. The van der Waals surface area contributed by atoms with E-state index in [0.717, 1.165) is 23.8 Å². The number of carbonyl (C=O) groups is 1. The largest absolute Gasteiger partial charge is 0.508 e. The van der Waals surface area contributed by atoms with E-state index < -0.39 is 5.97 Å². The van der Waals surface area contributed by atoms with E-state index in [-0.39, 0.29) is 11.8 Å². The van der Waals surface area contributed by atoms with Crippen LogP contribution in [0.4, 0.5) is 0 Å². The number of benzene rings is 2. The van der Waals surface area contributed by atoms with Crippen molar-refractivity contribution in [2.24, 2.45) is 29.6 Å². The number of phenols is 1. The number of aliphatic carboxylic acids is 1. The molecule has 5 aliphatic rings. The fourth-order valence-corrected chi connectivity index (χ4v) is 6.96. The molecule has 154 valence electrons. The summed E-state index contributed by atoms with van der Waals surface area (Å²) < 4.78 is 0. The third-order valence-corrected chi connectivity index (χ3v) is 8.20. The Balaban J connectivity index is 1.42. The van der Waals surface area contributed by atoms with Crippen molar-refractivity contribution in [2.45, 2.75) is 44.4 Å². The van der Waals surface area contributed by atoms with Gasteiger partial charge in [-0.3, -0.25) is 4.79 Å². The molecule has 3 heteroatoms. The van der Waals surface area contributed by atoms with Gasteiger partial charge in [-0.05, 0) is 103 Å². The van der Waals surface area contributed by atoms with E-state index in [1.54, 1.807) is 17.7 Å². The molecule has 7 rings (SSSR count). The average molecular weight is 401 g/mol. The second-order valence-corrected chi connectivity index (χ2v) is 10.1. The SMILES string of the molecule is O=C(O)C1CC1c1ccc(C(=C2C3CC4CC(C3)CC2C4)c2ccc(O)cc2)cc1. The molecule has 0 radical (unpaired) electrons. The summed E-state index contributed by atoms with van der Waals surface area (Å²) in [6, 6.07) is 16.4. The van der Waals surface area contributed by atoms with E-state index in [1.807, 2.05) is 0 Å². The van der Waals surface area contributed by atoms with Crippen LogP contribution in [0.3, 0.4) is 0 Å². The molecule has 0 heterocycles. The average Bonchev–Trinajstić information content (AvgIpc) is 3.53. The van der Waals surface area contributed by atoms with Gasteiger partial charge in [-0.1, -0.05) is 42.0 Å².